The summed E-state index contributed by atoms with van der Waals surface area (Å²) >= 11 is 0. The maximum Gasteiger partial charge on any atom is 0.303 e. The number of rotatable bonds is 11. The first-order chi connectivity index (χ1) is 21.9. The molecule has 1 aliphatic rings. The second-order valence-electron chi connectivity index (χ2n) is 11.2. The molecule has 2 heterocycles. The number of amides is 1. The van der Waals surface area contributed by atoms with E-state index in [4.69, 9.17) is 14.6 Å². The number of hydrogen-bond donors (Lipinski definition) is 3. The lowest BCUT2D eigenvalue weighted by Gasteiger charge is -2.36. The van der Waals surface area contributed by atoms with E-state index in [1.165, 1.54) is 0 Å². The first kappa shape index (κ1) is 30.2. The zero-order valence-electron chi connectivity index (χ0n) is 24.7. The minimum absolute atomic E-state index is 0.0149. The molecule has 0 unspecified atom stereocenters. The van der Waals surface area contributed by atoms with E-state index in [0.29, 0.717) is 19.5 Å². The Balaban J connectivity index is 1.23. The van der Waals surface area contributed by atoms with E-state index in [1.807, 2.05) is 91.3 Å². The van der Waals surface area contributed by atoms with Crippen LogP contribution in [0.5, 0.6) is 0 Å². The first-order valence-electron chi connectivity index (χ1n) is 15.0. The molecule has 0 spiro atoms. The van der Waals surface area contributed by atoms with Crippen molar-refractivity contribution in [1.82, 2.24) is 14.9 Å². The maximum absolute atomic E-state index is 12.0. The number of hydrogen-bond acceptors (Lipinski definition) is 6. The Morgan fingerprint density at radius 3 is 2.42 bits per heavy atom. The summed E-state index contributed by atoms with van der Waals surface area (Å²) in [6, 6.07) is 31.9. The smallest absolute Gasteiger partial charge is 0.303 e. The molecule has 1 saturated heterocycles. The van der Waals surface area contributed by atoms with Crippen molar-refractivity contribution >= 4 is 22.9 Å². The average Bonchev–Trinajstić information content (AvgIpc) is 3.49. The molecule has 9 nitrogen and oxygen atoms in total. The molecule has 45 heavy (non-hydrogen) atoms. The molecule has 0 bridgehead atoms. The highest BCUT2D eigenvalue weighted by atomic mass is 16.7. The summed E-state index contributed by atoms with van der Waals surface area (Å²) < 4.78 is 15.3. The number of aliphatic hydroxyl groups excluding tert-OH is 1. The molecular formula is C36H35N3O6. The maximum atomic E-state index is 12.0. The summed E-state index contributed by atoms with van der Waals surface area (Å²) in [6.07, 6.45) is 1.28. The van der Waals surface area contributed by atoms with E-state index in [2.05, 4.69) is 27.0 Å². The van der Waals surface area contributed by atoms with Gasteiger partial charge in [0.05, 0.1) is 49.1 Å². The molecule has 0 aliphatic carbocycles. The van der Waals surface area contributed by atoms with E-state index in [0.717, 1.165) is 44.4 Å². The van der Waals surface area contributed by atoms with Crippen molar-refractivity contribution in [2.24, 2.45) is 0 Å². The summed E-state index contributed by atoms with van der Waals surface area (Å²) in [4.78, 5) is 27.3. The molecule has 1 aliphatic heterocycles. The van der Waals surface area contributed by atoms with Crippen LogP contribution in [-0.4, -0.2) is 37.7 Å². The number of aliphatic hydroxyl groups is 1. The lowest BCUT2D eigenvalue weighted by Crippen LogP contribution is -2.32. The normalized spacial score (nSPS) is 18.1. The SMILES string of the molecule is O=C(O)CCC(=O)NCc1cccc(-c2cccc([C@@H]3O[C@H](Cn4cnc5ccccc54)C[C@H](c4ccc(CO)cc4)O3)c2)c1. The highest BCUT2D eigenvalue weighted by Crippen LogP contribution is 2.39. The van der Waals surface area contributed by atoms with Gasteiger partial charge >= 0.3 is 5.97 Å². The molecule has 230 valence electrons. The summed E-state index contributed by atoms with van der Waals surface area (Å²) in [5.74, 6) is -1.29. The van der Waals surface area contributed by atoms with Crippen molar-refractivity contribution in [1.29, 1.82) is 0 Å². The Morgan fingerprint density at radius 2 is 1.62 bits per heavy atom. The van der Waals surface area contributed by atoms with Crippen LogP contribution in [0.3, 0.4) is 0 Å². The Hall–Kier alpha value is -4.83. The standard InChI is InChI=1S/C36H35N3O6/c40-22-24-11-13-26(14-12-24)33-19-30(21-39-23-38-31-9-1-2-10-32(31)39)44-36(45-33)29-8-4-7-28(18-29)27-6-3-5-25(17-27)20-37-34(41)15-16-35(42)43/h1-14,17-18,23,30,33,36,40H,15-16,19-22H2,(H,37,41)(H,42,43)/t30-,33+,36+/m0/s1. The molecule has 6 rings (SSSR count). The molecule has 1 aromatic heterocycles. The van der Waals surface area contributed by atoms with Gasteiger partial charge in [-0.15, -0.1) is 0 Å². The fourth-order valence-corrected chi connectivity index (χ4v) is 5.64. The predicted octanol–water partition coefficient (Wildman–Crippen LogP) is 5.92. The zero-order valence-corrected chi connectivity index (χ0v) is 24.7. The Bertz CT molecular complexity index is 1780. The predicted molar refractivity (Wildman–Crippen MR) is 169 cm³/mol. The van der Waals surface area contributed by atoms with Crippen LogP contribution in [0.2, 0.25) is 0 Å². The summed E-state index contributed by atoms with van der Waals surface area (Å²) in [7, 11) is 0. The van der Waals surface area contributed by atoms with Gasteiger partial charge in [-0.1, -0.05) is 72.8 Å². The number of benzene rings is 4. The van der Waals surface area contributed by atoms with Crippen LogP contribution < -0.4 is 5.32 Å². The average molecular weight is 606 g/mol. The number of carboxylic acids is 1. The van der Waals surface area contributed by atoms with Gasteiger partial charge in [0.2, 0.25) is 5.91 Å². The van der Waals surface area contributed by atoms with Crippen LogP contribution >= 0.6 is 0 Å². The fourth-order valence-electron chi connectivity index (χ4n) is 5.64. The van der Waals surface area contributed by atoms with Gasteiger partial charge in [-0.25, -0.2) is 4.98 Å². The molecule has 3 atom stereocenters. The topological polar surface area (TPSA) is 123 Å². The molecule has 0 radical (unpaired) electrons. The van der Waals surface area contributed by atoms with Crippen LogP contribution in [0, 0.1) is 0 Å². The van der Waals surface area contributed by atoms with Gasteiger partial charge in [-0.05, 0) is 52.1 Å². The Morgan fingerprint density at radius 1 is 0.844 bits per heavy atom. The lowest BCUT2D eigenvalue weighted by atomic mass is 9.98. The summed E-state index contributed by atoms with van der Waals surface area (Å²) in [5, 5.41) is 21.1. The molecule has 4 aromatic carbocycles. The second-order valence-corrected chi connectivity index (χ2v) is 11.2. The lowest BCUT2D eigenvalue weighted by molar-refractivity contribution is -0.252. The quantitative estimate of drug-likeness (QED) is 0.171. The monoisotopic (exact) mass is 605 g/mol. The highest BCUT2D eigenvalue weighted by Gasteiger charge is 2.33. The summed E-state index contributed by atoms with van der Waals surface area (Å²) in [5.41, 5.74) is 7.60. The number of nitrogens with one attached hydrogen (secondary N) is 1. The number of imidazole rings is 1. The Kier molecular flexibility index (Phi) is 9.30. The third kappa shape index (κ3) is 7.46. The van der Waals surface area contributed by atoms with Gasteiger partial charge in [0.15, 0.2) is 6.29 Å². The van der Waals surface area contributed by atoms with Gasteiger partial charge in [0.25, 0.3) is 0 Å². The van der Waals surface area contributed by atoms with Crippen molar-refractivity contribution < 1.29 is 29.3 Å². The molecular weight excluding hydrogens is 570 g/mol. The molecule has 1 amide bonds. The molecule has 3 N–H and O–H groups in total. The largest absolute Gasteiger partial charge is 0.481 e. The van der Waals surface area contributed by atoms with E-state index >= 15 is 0 Å². The van der Waals surface area contributed by atoms with E-state index in [-0.39, 0.29) is 37.6 Å². The summed E-state index contributed by atoms with van der Waals surface area (Å²) in [6.45, 7) is 0.909. The molecule has 5 aromatic rings. The van der Waals surface area contributed by atoms with Crippen LogP contribution in [0.1, 0.15) is 53.9 Å². The Labute approximate surface area is 261 Å². The number of carbonyl (C=O) groups is 2. The van der Waals surface area contributed by atoms with Crippen molar-refractivity contribution in [3.05, 3.63) is 126 Å². The van der Waals surface area contributed by atoms with Crippen LogP contribution in [-0.2, 0) is 38.8 Å². The minimum atomic E-state index is -0.995. The van der Waals surface area contributed by atoms with Crippen molar-refractivity contribution in [3.63, 3.8) is 0 Å². The van der Waals surface area contributed by atoms with Gasteiger partial charge in [-0.3, -0.25) is 9.59 Å². The second kappa shape index (κ2) is 13.9. The van der Waals surface area contributed by atoms with Gasteiger partial charge < -0.3 is 29.6 Å². The van der Waals surface area contributed by atoms with Crippen molar-refractivity contribution in [2.45, 2.75) is 57.5 Å². The number of carboxylic acid groups (broad SMARTS) is 1. The van der Waals surface area contributed by atoms with E-state index < -0.39 is 12.3 Å². The molecule has 0 saturated carbocycles. The van der Waals surface area contributed by atoms with Gasteiger partial charge in [-0.2, -0.15) is 0 Å². The number of aliphatic carboxylic acids is 1. The van der Waals surface area contributed by atoms with Gasteiger partial charge in [0.1, 0.15) is 0 Å². The van der Waals surface area contributed by atoms with Crippen LogP contribution in [0.4, 0.5) is 0 Å². The van der Waals surface area contributed by atoms with E-state index in [9.17, 15) is 14.7 Å². The third-order valence-electron chi connectivity index (χ3n) is 8.02. The number of nitrogens with zero attached hydrogens (tertiary/aromatic N) is 2. The van der Waals surface area contributed by atoms with Crippen LogP contribution in [0.15, 0.2) is 103 Å². The fraction of sp³-hybridized carbons (Fsp3) is 0.250. The zero-order chi connectivity index (χ0) is 31.2. The molecule has 1 fully saturated rings. The minimum Gasteiger partial charge on any atom is -0.481 e. The van der Waals surface area contributed by atoms with Crippen molar-refractivity contribution in [3.8, 4) is 11.1 Å². The first-order valence-corrected chi connectivity index (χ1v) is 15.0. The molecule has 9 heteroatoms. The van der Waals surface area contributed by atoms with E-state index in [1.54, 1.807) is 0 Å². The van der Waals surface area contributed by atoms with Crippen LogP contribution in [0.25, 0.3) is 22.2 Å². The van der Waals surface area contributed by atoms with Gasteiger partial charge in [0, 0.05) is 24.9 Å². The number of fused-ring (bicyclic) bond motifs is 1. The highest BCUT2D eigenvalue weighted by molar-refractivity contribution is 5.80. The number of carbonyl (C=O) groups excluding carboxylic acids is 1. The number of aromatic nitrogens is 2. The number of ether oxygens (including phenoxy) is 2. The van der Waals surface area contributed by atoms with Crippen molar-refractivity contribution in [2.75, 3.05) is 0 Å². The third-order valence-corrected chi connectivity index (χ3v) is 8.02. The number of para-hydroxylation sites is 2.